The van der Waals surface area contributed by atoms with Crippen molar-refractivity contribution in [3.05, 3.63) is 86.5 Å². The second kappa shape index (κ2) is 13.5. The number of benzene rings is 2. The number of nitrogens with one attached hydrogen (secondary N) is 2. The minimum Gasteiger partial charge on any atom is -0.466 e. The van der Waals surface area contributed by atoms with Gasteiger partial charge in [-0.05, 0) is 82.6 Å². The number of nitrogens with zero attached hydrogens (tertiary/aromatic N) is 5. The number of allylic oxidation sites excluding steroid dienone is 1. The van der Waals surface area contributed by atoms with Crippen LogP contribution in [0.25, 0.3) is 0 Å². The Morgan fingerprint density at radius 3 is 2.47 bits per heavy atom. The summed E-state index contributed by atoms with van der Waals surface area (Å²) in [6, 6.07) is 9.78. The first-order valence-electron chi connectivity index (χ1n) is 15.7. The molecule has 0 spiro atoms. The first-order valence-corrected chi connectivity index (χ1v) is 15.7. The van der Waals surface area contributed by atoms with Gasteiger partial charge >= 0.3 is 23.8 Å². The summed E-state index contributed by atoms with van der Waals surface area (Å²) in [5.41, 5.74) is -0.728. The topological polar surface area (TPSA) is 146 Å². The molecule has 2 N–H and O–H groups in total. The lowest BCUT2D eigenvalue weighted by Gasteiger charge is -2.39. The third-order valence-corrected chi connectivity index (χ3v) is 8.66. The molecule has 49 heavy (non-hydrogen) atoms. The molecule has 15 heteroatoms. The molecule has 1 fully saturated rings. The number of ether oxygens (including phenoxy) is 2. The van der Waals surface area contributed by atoms with E-state index in [0.717, 1.165) is 12.1 Å². The average Bonchev–Trinajstić information content (AvgIpc) is 3.39. The number of fused-ring (bicyclic) bond motifs is 1. The summed E-state index contributed by atoms with van der Waals surface area (Å²) in [6.45, 7) is 8.59. The lowest BCUT2D eigenvalue weighted by molar-refractivity contribution is -0.164. The van der Waals surface area contributed by atoms with Gasteiger partial charge in [0.05, 0.1) is 29.9 Å². The van der Waals surface area contributed by atoms with E-state index >= 15 is 0 Å². The van der Waals surface area contributed by atoms with Crippen LogP contribution in [0.15, 0.2) is 58.5 Å². The largest absolute Gasteiger partial charge is 0.466 e. The third-order valence-electron chi connectivity index (χ3n) is 8.66. The zero-order valence-electron chi connectivity index (χ0n) is 28.0. The van der Waals surface area contributed by atoms with Crippen molar-refractivity contribution in [1.29, 1.82) is 5.26 Å². The van der Waals surface area contributed by atoms with Crippen LogP contribution in [0.3, 0.4) is 0 Å². The van der Waals surface area contributed by atoms with E-state index in [1.807, 2.05) is 11.9 Å². The van der Waals surface area contributed by atoms with E-state index in [0.29, 0.717) is 42.7 Å². The summed E-state index contributed by atoms with van der Waals surface area (Å²) in [7, 11) is 2.99. The second-order valence-corrected chi connectivity index (χ2v) is 13.1. The van der Waals surface area contributed by atoms with Crippen LogP contribution in [0, 0.1) is 17.2 Å². The molecular formula is C34H38F3N7O5. The molecule has 3 heterocycles. The molecule has 0 saturated carbocycles. The summed E-state index contributed by atoms with van der Waals surface area (Å²) >= 11 is 0. The van der Waals surface area contributed by atoms with Crippen molar-refractivity contribution in [2.45, 2.75) is 58.0 Å². The zero-order chi connectivity index (χ0) is 35.8. The van der Waals surface area contributed by atoms with Crippen molar-refractivity contribution in [3.8, 4) is 6.07 Å². The fourth-order valence-electron chi connectivity index (χ4n) is 6.30. The number of halogens is 3. The molecule has 0 bridgehead atoms. The zero-order valence-corrected chi connectivity index (χ0v) is 28.0. The van der Waals surface area contributed by atoms with E-state index in [-0.39, 0.29) is 34.8 Å². The van der Waals surface area contributed by atoms with Gasteiger partial charge in [0.2, 0.25) is 5.95 Å². The van der Waals surface area contributed by atoms with Gasteiger partial charge in [0.25, 0.3) is 0 Å². The Labute approximate surface area is 281 Å². The predicted molar refractivity (Wildman–Crippen MR) is 173 cm³/mol. The van der Waals surface area contributed by atoms with Gasteiger partial charge in [0, 0.05) is 36.9 Å². The predicted octanol–water partition coefficient (Wildman–Crippen LogP) is 4.05. The molecule has 0 amide bonds. The van der Waals surface area contributed by atoms with E-state index in [4.69, 9.17) is 9.47 Å². The SMILES string of the molecule is COC(=O)C1=C(C)N(c2cccc(C(F)(F)F)c2)c2n[nH]c(=O)n2C1c1ccc(C#N)cc1CCN(C)C(C(=O)OC(C)(C)C)C1CNC1. The Hall–Kier alpha value is -4.94. The Morgan fingerprint density at radius 2 is 1.88 bits per heavy atom. The number of hydrogen-bond donors (Lipinski definition) is 2. The maximum Gasteiger partial charge on any atom is 0.416 e. The minimum absolute atomic E-state index is 0.0117. The molecule has 2 atom stereocenters. The first kappa shape index (κ1) is 35.4. The van der Waals surface area contributed by atoms with Gasteiger partial charge in [-0.3, -0.25) is 14.6 Å². The molecule has 3 aromatic rings. The number of esters is 2. The van der Waals surface area contributed by atoms with Crippen LogP contribution < -0.4 is 15.9 Å². The van der Waals surface area contributed by atoms with E-state index in [2.05, 4.69) is 21.6 Å². The molecular weight excluding hydrogens is 643 g/mol. The van der Waals surface area contributed by atoms with Crippen molar-refractivity contribution in [2.75, 3.05) is 38.7 Å². The van der Waals surface area contributed by atoms with Crippen molar-refractivity contribution in [1.82, 2.24) is 25.0 Å². The second-order valence-electron chi connectivity index (χ2n) is 13.1. The van der Waals surface area contributed by atoms with Crippen molar-refractivity contribution in [2.24, 2.45) is 5.92 Å². The summed E-state index contributed by atoms with van der Waals surface area (Å²) < 4.78 is 53.2. The monoisotopic (exact) mass is 681 g/mol. The third kappa shape index (κ3) is 7.11. The smallest absolute Gasteiger partial charge is 0.416 e. The lowest BCUT2D eigenvalue weighted by Crippen LogP contribution is -2.58. The molecule has 1 saturated heterocycles. The number of aromatic nitrogens is 3. The Kier molecular flexibility index (Phi) is 9.76. The highest BCUT2D eigenvalue weighted by molar-refractivity contribution is 5.93. The standard InChI is InChI=1S/C34H38F3N7O5/c1-19-26(29(45)48-6)28(44-31(40-41-32(44)47)43(19)24-9-7-8-23(15-24)34(35,36)37)25-11-10-20(16-38)14-21(25)12-13-42(5)27(22-17-39-18-22)30(46)49-33(2,3)4/h7-11,14-15,22,27-28,39H,12-13,17-18H2,1-6H3,(H,41,47). The van der Waals surface area contributed by atoms with Crippen molar-refractivity contribution >= 4 is 23.6 Å². The number of alkyl halides is 3. The quantitative estimate of drug-likeness (QED) is 0.317. The van der Waals surface area contributed by atoms with Gasteiger partial charge in [-0.1, -0.05) is 12.1 Å². The molecule has 0 aliphatic carbocycles. The van der Waals surface area contributed by atoms with E-state index in [9.17, 15) is 32.8 Å². The van der Waals surface area contributed by atoms with Crippen molar-refractivity contribution < 1.29 is 32.2 Å². The summed E-state index contributed by atoms with van der Waals surface area (Å²) in [5.74, 6) is -1.19. The summed E-state index contributed by atoms with van der Waals surface area (Å²) in [5, 5.41) is 19.5. The van der Waals surface area contributed by atoms with Crippen molar-refractivity contribution in [3.63, 3.8) is 0 Å². The number of H-pyrrole nitrogens is 1. The normalized spacial score (nSPS) is 17.3. The van der Waals surface area contributed by atoms with Gasteiger partial charge in [-0.15, -0.1) is 5.10 Å². The number of hydrogen-bond acceptors (Lipinski definition) is 10. The fraction of sp³-hybridized carbons (Fsp3) is 0.441. The summed E-state index contributed by atoms with van der Waals surface area (Å²) in [4.78, 5) is 43.5. The maximum atomic E-state index is 13.7. The van der Waals surface area contributed by atoms with E-state index < -0.39 is 41.1 Å². The average molecular weight is 682 g/mol. The van der Waals surface area contributed by atoms with Crippen LogP contribution in [0.1, 0.15) is 56.0 Å². The summed E-state index contributed by atoms with van der Waals surface area (Å²) in [6.07, 6.45) is -4.35. The molecule has 0 radical (unpaired) electrons. The highest BCUT2D eigenvalue weighted by Gasteiger charge is 2.42. The lowest BCUT2D eigenvalue weighted by atomic mass is 9.88. The molecule has 2 unspecified atom stereocenters. The molecule has 260 valence electrons. The van der Waals surface area contributed by atoms with Gasteiger partial charge in [-0.25, -0.2) is 19.3 Å². The minimum atomic E-state index is -4.65. The van der Waals surface area contributed by atoms with Gasteiger partial charge in [0.1, 0.15) is 17.7 Å². The van der Waals surface area contributed by atoms with E-state index in [1.54, 1.807) is 39.0 Å². The number of anilines is 2. The number of rotatable bonds is 9. The van der Waals surface area contributed by atoms with Gasteiger partial charge in [-0.2, -0.15) is 18.4 Å². The van der Waals surface area contributed by atoms with Crippen LogP contribution in [0.4, 0.5) is 24.8 Å². The maximum absolute atomic E-state index is 13.7. The number of nitriles is 1. The highest BCUT2D eigenvalue weighted by Crippen LogP contribution is 2.43. The van der Waals surface area contributed by atoms with Crippen LogP contribution in [-0.2, 0) is 31.7 Å². The molecule has 5 rings (SSSR count). The van der Waals surface area contributed by atoms with Crippen LogP contribution in [-0.4, -0.2) is 77.0 Å². The van der Waals surface area contributed by atoms with Crippen LogP contribution >= 0.6 is 0 Å². The molecule has 1 aromatic heterocycles. The number of carbonyl (C=O) groups is 2. The Balaban J connectivity index is 1.60. The number of likely N-dealkylation sites (N-methyl/N-ethyl adjacent to an activating group) is 1. The van der Waals surface area contributed by atoms with Crippen LogP contribution in [0.5, 0.6) is 0 Å². The molecule has 2 aliphatic heterocycles. The Morgan fingerprint density at radius 1 is 1.16 bits per heavy atom. The Bertz CT molecular complexity index is 1880. The number of carbonyl (C=O) groups excluding carboxylic acids is 2. The van der Waals surface area contributed by atoms with Crippen LogP contribution in [0.2, 0.25) is 0 Å². The molecule has 2 aliphatic rings. The van der Waals surface area contributed by atoms with E-state index in [1.165, 1.54) is 35.6 Å². The highest BCUT2D eigenvalue weighted by atomic mass is 19.4. The molecule has 2 aromatic carbocycles. The number of methoxy groups -OCH3 is 1. The number of aromatic amines is 1. The van der Waals surface area contributed by atoms with Gasteiger partial charge in [0.15, 0.2) is 0 Å². The van der Waals surface area contributed by atoms with Gasteiger partial charge < -0.3 is 14.8 Å². The molecule has 12 nitrogen and oxygen atoms in total. The first-order chi connectivity index (χ1) is 23.1. The fourth-order valence-corrected chi connectivity index (χ4v) is 6.30.